The highest BCUT2D eigenvalue weighted by Gasteiger charge is 2.64. The molecule has 18 heteroatoms. The smallest absolute Gasteiger partial charge is 0.339 e. The Bertz CT molecular complexity index is 1110. The van der Waals surface area contributed by atoms with Crippen LogP contribution in [0.15, 0.2) is 0 Å². The summed E-state index contributed by atoms with van der Waals surface area (Å²) in [4.78, 5) is 62.5. The maximum Gasteiger partial charge on any atom is 0.339 e. The Morgan fingerprint density at radius 3 is 2.38 bits per heavy atom. The molecule has 5 N–H and O–H groups in total. The molecule has 6 fully saturated rings. The normalized spacial score (nSPS) is 41.4. The lowest BCUT2D eigenvalue weighted by Crippen LogP contribution is -2.66. The van der Waals surface area contributed by atoms with Gasteiger partial charge in [0.05, 0.1) is 32.7 Å². The van der Waals surface area contributed by atoms with Crippen LogP contribution in [0.4, 0.5) is 0 Å². The fraction of sp³-hybridized carbons (Fsp3) is 0.833. The Balaban J connectivity index is 1.05. The highest BCUT2D eigenvalue weighted by Crippen LogP contribution is 2.44. The SMILES string of the molecule is O=C(CN1CCN2CC(=O)O[C@@]23CN(CCN2CC24CC(=O)O4)CC(=O)ON3CC1)NCC1OC(O)[C@H](O)[C@@H](O)[C@@H]1O. The lowest BCUT2D eigenvalue weighted by molar-refractivity contribution is -0.312. The van der Waals surface area contributed by atoms with E-state index in [1.54, 1.807) is 4.90 Å². The third-order valence-electron chi connectivity index (χ3n) is 8.66. The summed E-state index contributed by atoms with van der Waals surface area (Å²) in [5, 5.41) is 43.2. The van der Waals surface area contributed by atoms with Gasteiger partial charge >= 0.3 is 17.9 Å². The van der Waals surface area contributed by atoms with Crippen molar-refractivity contribution in [3.8, 4) is 0 Å². The predicted octanol–water partition coefficient (Wildman–Crippen LogP) is -6.23. The number of carbonyl (C=O) groups excluding carboxylic acids is 4. The fourth-order valence-corrected chi connectivity index (χ4v) is 6.20. The molecule has 1 amide bonds. The van der Waals surface area contributed by atoms with Crippen LogP contribution in [-0.2, 0) is 38.2 Å². The first-order valence-corrected chi connectivity index (χ1v) is 14.0. The number of hydrogen-bond acceptors (Lipinski definition) is 17. The van der Waals surface area contributed by atoms with Gasteiger partial charge in [0, 0.05) is 39.3 Å². The van der Waals surface area contributed by atoms with E-state index in [9.17, 15) is 39.6 Å². The first kappa shape index (κ1) is 29.5. The van der Waals surface area contributed by atoms with Gasteiger partial charge in [0.15, 0.2) is 12.0 Å². The molecular formula is C24H36N6O12. The van der Waals surface area contributed by atoms with E-state index in [0.717, 1.165) is 0 Å². The molecule has 0 aromatic rings. The summed E-state index contributed by atoms with van der Waals surface area (Å²) < 4.78 is 16.2. The second kappa shape index (κ2) is 11.2. The zero-order valence-electron chi connectivity index (χ0n) is 22.9. The second-order valence-electron chi connectivity index (χ2n) is 11.6. The zero-order chi connectivity index (χ0) is 29.8. The van der Waals surface area contributed by atoms with Gasteiger partial charge in [-0.05, 0) is 0 Å². The highest BCUT2D eigenvalue weighted by atomic mass is 16.8. The van der Waals surface area contributed by atoms with Gasteiger partial charge in [-0.1, -0.05) is 5.06 Å². The van der Waals surface area contributed by atoms with Crippen LogP contribution in [0.2, 0.25) is 0 Å². The van der Waals surface area contributed by atoms with Crippen molar-refractivity contribution in [2.45, 2.75) is 48.7 Å². The molecule has 4 unspecified atom stereocenters. The molecule has 234 valence electrons. The van der Waals surface area contributed by atoms with E-state index in [-0.39, 0.29) is 45.2 Å². The van der Waals surface area contributed by atoms with Crippen molar-refractivity contribution in [3.63, 3.8) is 0 Å². The van der Waals surface area contributed by atoms with Crippen molar-refractivity contribution in [1.82, 2.24) is 30.0 Å². The molecule has 8 atom stereocenters. The molecule has 0 saturated carbocycles. The number of nitrogens with one attached hydrogen (secondary N) is 1. The van der Waals surface area contributed by atoms with Crippen LogP contribution in [0.1, 0.15) is 6.42 Å². The van der Waals surface area contributed by atoms with Crippen molar-refractivity contribution in [2.75, 3.05) is 78.5 Å². The largest absolute Gasteiger partial charge is 0.441 e. The average molecular weight is 601 g/mol. The molecule has 6 rings (SSSR count). The number of nitrogens with zero attached hydrogens (tertiary/aromatic N) is 5. The Hall–Kier alpha value is -2.52. The van der Waals surface area contributed by atoms with E-state index in [1.807, 2.05) is 14.7 Å². The second-order valence-corrected chi connectivity index (χ2v) is 11.6. The molecule has 18 nitrogen and oxygen atoms in total. The van der Waals surface area contributed by atoms with Crippen molar-refractivity contribution in [2.24, 2.45) is 0 Å². The summed E-state index contributed by atoms with van der Waals surface area (Å²) >= 11 is 0. The van der Waals surface area contributed by atoms with Crippen molar-refractivity contribution in [1.29, 1.82) is 0 Å². The number of aliphatic hydroxyl groups excluding tert-OH is 4. The Kier molecular flexibility index (Phi) is 7.88. The quantitative estimate of drug-likeness (QED) is 0.136. The summed E-state index contributed by atoms with van der Waals surface area (Å²) in [7, 11) is 0. The van der Waals surface area contributed by atoms with E-state index in [1.165, 1.54) is 5.06 Å². The van der Waals surface area contributed by atoms with E-state index >= 15 is 0 Å². The Morgan fingerprint density at radius 2 is 1.62 bits per heavy atom. The number of amides is 1. The summed E-state index contributed by atoms with van der Waals surface area (Å²) in [5.41, 5.74) is -0.496. The number of ether oxygens (including phenoxy) is 3. The zero-order valence-corrected chi connectivity index (χ0v) is 22.9. The predicted molar refractivity (Wildman–Crippen MR) is 133 cm³/mol. The summed E-state index contributed by atoms with van der Waals surface area (Å²) in [6, 6.07) is 0. The number of esters is 2. The van der Waals surface area contributed by atoms with Crippen LogP contribution in [0.5, 0.6) is 0 Å². The molecule has 6 aliphatic rings. The number of hydroxylamine groups is 2. The molecule has 0 aliphatic carbocycles. The van der Waals surface area contributed by atoms with Crippen LogP contribution in [0.3, 0.4) is 0 Å². The van der Waals surface area contributed by atoms with E-state index < -0.39 is 60.1 Å². The summed E-state index contributed by atoms with van der Waals surface area (Å²) in [6.45, 7) is 2.70. The third-order valence-corrected chi connectivity index (χ3v) is 8.66. The maximum absolute atomic E-state index is 12.8. The van der Waals surface area contributed by atoms with Crippen molar-refractivity contribution < 1.29 is 58.7 Å². The van der Waals surface area contributed by atoms with Gasteiger partial charge in [0.2, 0.25) is 5.91 Å². The minimum absolute atomic E-state index is 0.0219. The van der Waals surface area contributed by atoms with Crippen LogP contribution in [-0.4, -0.2) is 190 Å². The molecule has 6 heterocycles. The van der Waals surface area contributed by atoms with Crippen LogP contribution < -0.4 is 5.32 Å². The standard InChI is InChI=1S/C24H36N6O12/c31-15(25-8-14-19(35)20(36)21(37)22(38)39-14)9-26-1-4-28-11-17(33)41-24(28)13-27(10-18(34)42-30(24)6-3-26)2-5-29-12-23(29)7-16(32)40-23/h14,19-22,35-38H,1-13H2,(H,25,31)/t14?,19-,20+,21-,22?,23?,24+,29?/m1/s1. The molecule has 0 bridgehead atoms. The average Bonchev–Trinajstić information content (AvgIpc) is 3.57. The molecule has 6 saturated heterocycles. The lowest BCUT2D eigenvalue weighted by atomic mass is 9.99. The van der Waals surface area contributed by atoms with Gasteiger partial charge in [-0.15, -0.1) is 0 Å². The van der Waals surface area contributed by atoms with Crippen molar-refractivity contribution in [3.05, 3.63) is 0 Å². The summed E-state index contributed by atoms with van der Waals surface area (Å²) in [5.74, 6) is -2.95. The molecule has 42 heavy (non-hydrogen) atoms. The minimum Gasteiger partial charge on any atom is -0.441 e. The van der Waals surface area contributed by atoms with Gasteiger partial charge < -0.3 is 44.8 Å². The molecule has 0 aromatic heterocycles. The molecule has 0 radical (unpaired) electrons. The fourth-order valence-electron chi connectivity index (χ4n) is 6.20. The van der Waals surface area contributed by atoms with E-state index in [4.69, 9.17) is 19.0 Å². The van der Waals surface area contributed by atoms with E-state index in [0.29, 0.717) is 45.7 Å². The minimum atomic E-state index is -1.71. The number of rotatable bonds is 7. The maximum atomic E-state index is 12.8. The molecule has 0 aromatic carbocycles. The van der Waals surface area contributed by atoms with Gasteiger partial charge in [0.25, 0.3) is 5.85 Å². The lowest BCUT2D eigenvalue weighted by Gasteiger charge is -2.45. The first-order valence-electron chi connectivity index (χ1n) is 14.0. The van der Waals surface area contributed by atoms with Crippen molar-refractivity contribution >= 4 is 23.8 Å². The van der Waals surface area contributed by atoms with Gasteiger partial charge in [-0.25, -0.2) is 9.69 Å². The van der Waals surface area contributed by atoms with Gasteiger partial charge in [-0.2, -0.15) is 0 Å². The Morgan fingerprint density at radius 1 is 0.857 bits per heavy atom. The topological polar surface area (TPSA) is 214 Å². The van der Waals surface area contributed by atoms with Crippen LogP contribution in [0.25, 0.3) is 0 Å². The molecule has 2 spiro atoms. The number of hydrogen-bond donors (Lipinski definition) is 5. The first-order chi connectivity index (χ1) is 20.0. The number of carbonyl (C=O) groups is 4. The monoisotopic (exact) mass is 600 g/mol. The number of aliphatic hydroxyl groups is 4. The summed E-state index contributed by atoms with van der Waals surface area (Å²) in [6.07, 6.45) is -7.29. The van der Waals surface area contributed by atoms with Crippen LogP contribution in [0, 0.1) is 0 Å². The molecule has 6 aliphatic heterocycles. The third kappa shape index (κ3) is 5.59. The van der Waals surface area contributed by atoms with E-state index in [2.05, 4.69) is 5.32 Å². The highest BCUT2D eigenvalue weighted by molar-refractivity contribution is 5.78. The Labute approximate surface area is 240 Å². The van der Waals surface area contributed by atoms with Gasteiger partial charge in [0.1, 0.15) is 37.4 Å². The van der Waals surface area contributed by atoms with Crippen LogP contribution >= 0.6 is 0 Å². The molecular weight excluding hydrogens is 564 g/mol. The van der Waals surface area contributed by atoms with Gasteiger partial charge in [-0.3, -0.25) is 29.1 Å².